The van der Waals surface area contributed by atoms with Crippen LogP contribution in [0, 0.1) is 11.6 Å². The molecule has 11 heteroatoms. The van der Waals surface area contributed by atoms with Gasteiger partial charge in [-0.1, -0.05) is 41.9 Å². The monoisotopic (exact) mass is 561 g/mol. The van der Waals surface area contributed by atoms with Gasteiger partial charge in [0.15, 0.2) is 0 Å². The number of para-hydroxylation sites is 1. The number of nitrogen functional groups attached to an aromatic ring is 1. The number of anilines is 1. The number of halogens is 3. The third-order valence-corrected chi connectivity index (χ3v) is 7.49. The fourth-order valence-electron chi connectivity index (χ4n) is 4.31. The lowest BCUT2D eigenvalue weighted by atomic mass is 9.98. The van der Waals surface area contributed by atoms with E-state index in [-0.39, 0.29) is 21.8 Å². The first kappa shape index (κ1) is 24.7. The van der Waals surface area contributed by atoms with E-state index in [0.29, 0.717) is 37.7 Å². The third kappa shape index (κ3) is 4.29. The first-order valence-electron chi connectivity index (χ1n) is 11.5. The van der Waals surface area contributed by atoms with Crippen LogP contribution < -0.4 is 16.0 Å². The molecule has 3 aromatic heterocycles. The molecule has 0 saturated carbocycles. The predicted molar refractivity (Wildman–Crippen MR) is 144 cm³/mol. The highest BCUT2D eigenvalue weighted by atomic mass is 35.5. The Balaban J connectivity index is 1.59. The molecule has 3 aromatic carbocycles. The summed E-state index contributed by atoms with van der Waals surface area (Å²) in [4.78, 5) is 31.4. The predicted octanol–water partition coefficient (Wildman–Crippen LogP) is 5.93. The average Bonchev–Trinajstić information content (AvgIpc) is 3.48. The molecule has 192 valence electrons. The number of benzene rings is 3. The molecular formula is C28H16ClF2N4O3S+. The van der Waals surface area contributed by atoms with Crippen LogP contribution in [0.5, 0.6) is 0 Å². The van der Waals surface area contributed by atoms with Crippen molar-refractivity contribution in [3.8, 4) is 28.1 Å². The number of carbonyl (C=O) groups is 1. The molecule has 0 atom stereocenters. The van der Waals surface area contributed by atoms with Crippen LogP contribution in [0.25, 0.3) is 38.3 Å². The smallest absolute Gasteiger partial charge is 0.397 e. The molecule has 0 aliphatic heterocycles. The fourth-order valence-corrected chi connectivity index (χ4v) is 5.50. The summed E-state index contributed by atoms with van der Waals surface area (Å²) < 4.78 is 34.9. The number of thiophene rings is 1. The number of hydrogen-bond acceptors (Lipinski definition) is 6. The van der Waals surface area contributed by atoms with Crippen LogP contribution in [0.15, 0.2) is 88.2 Å². The molecule has 6 aromatic rings. The van der Waals surface area contributed by atoms with Crippen LogP contribution in [0.2, 0.25) is 5.02 Å². The molecule has 3 heterocycles. The largest absolute Gasteiger partial charge is 0.439 e. The molecule has 0 bridgehead atoms. The second-order valence-corrected chi connectivity index (χ2v) is 9.98. The van der Waals surface area contributed by atoms with Crippen molar-refractivity contribution < 1.29 is 22.8 Å². The van der Waals surface area contributed by atoms with E-state index in [9.17, 15) is 14.0 Å². The minimum Gasteiger partial charge on any atom is -0.397 e. The standard InChI is InChI=1S/C28H15ClF2N4O3S/c29-15-8-6-14(7-9-15)21-13-19(18-11-10-16(30)12-20(18)31)22-23(32)26(39-27(22)33-21)25(36)24-28(37)38-34-35(24)17-4-2-1-3-5-17/h1-13H,(H2-,32,34,36,37)/p+1. The van der Waals surface area contributed by atoms with Crippen molar-refractivity contribution >= 4 is 44.6 Å². The molecule has 6 rings (SSSR count). The van der Waals surface area contributed by atoms with Gasteiger partial charge < -0.3 is 5.73 Å². The maximum Gasteiger partial charge on any atom is 0.439 e. The van der Waals surface area contributed by atoms with Gasteiger partial charge in [-0.25, -0.2) is 18.6 Å². The van der Waals surface area contributed by atoms with E-state index in [0.717, 1.165) is 23.5 Å². The number of hydrogen-bond donors (Lipinski definition) is 2. The number of aromatic amines is 1. The van der Waals surface area contributed by atoms with E-state index in [1.54, 1.807) is 60.7 Å². The van der Waals surface area contributed by atoms with Crippen molar-refractivity contribution in [1.82, 2.24) is 10.3 Å². The zero-order valence-corrected chi connectivity index (χ0v) is 21.3. The SMILES string of the molecule is Nc1c(C(=O)c2c(=O)o[nH][n+]2-c2ccccc2)sc2nc(-c3ccc(Cl)cc3)cc(-c3ccc(F)cc3F)c12. The molecule has 3 N–H and O–H groups in total. The van der Waals surface area contributed by atoms with E-state index < -0.39 is 23.0 Å². The topological polar surface area (TPSA) is 106 Å². The summed E-state index contributed by atoms with van der Waals surface area (Å²) in [6.07, 6.45) is 0. The van der Waals surface area contributed by atoms with Gasteiger partial charge in [0.1, 0.15) is 21.3 Å². The molecule has 0 fully saturated rings. The Morgan fingerprint density at radius 1 is 1.00 bits per heavy atom. The normalized spacial score (nSPS) is 11.3. The van der Waals surface area contributed by atoms with Gasteiger partial charge in [0, 0.05) is 39.7 Å². The van der Waals surface area contributed by atoms with Crippen molar-refractivity contribution in [3.63, 3.8) is 0 Å². The number of H-pyrrole nitrogens is 1. The molecular weight excluding hydrogens is 546 g/mol. The van der Waals surface area contributed by atoms with Gasteiger partial charge >= 0.3 is 11.3 Å². The minimum atomic E-state index is -0.889. The van der Waals surface area contributed by atoms with Gasteiger partial charge in [0.25, 0.3) is 5.78 Å². The van der Waals surface area contributed by atoms with Crippen LogP contribution in [-0.4, -0.2) is 16.0 Å². The number of pyridine rings is 1. The first-order chi connectivity index (χ1) is 18.8. The van der Waals surface area contributed by atoms with Crippen LogP contribution in [-0.2, 0) is 0 Å². The molecule has 0 spiro atoms. The molecule has 7 nitrogen and oxygen atoms in total. The average molecular weight is 562 g/mol. The fraction of sp³-hybridized carbons (Fsp3) is 0. The maximum atomic E-state index is 15.0. The Kier molecular flexibility index (Phi) is 6.05. The molecule has 0 saturated heterocycles. The van der Waals surface area contributed by atoms with Crippen molar-refractivity contribution in [1.29, 1.82) is 0 Å². The summed E-state index contributed by atoms with van der Waals surface area (Å²) in [6.45, 7) is 0. The second-order valence-electron chi connectivity index (χ2n) is 8.54. The van der Waals surface area contributed by atoms with Gasteiger partial charge in [0.2, 0.25) is 5.69 Å². The number of rotatable bonds is 5. The third-order valence-electron chi connectivity index (χ3n) is 6.14. The van der Waals surface area contributed by atoms with Gasteiger partial charge in [-0.2, -0.15) is 0 Å². The summed E-state index contributed by atoms with van der Waals surface area (Å²) in [7, 11) is 0. The van der Waals surface area contributed by atoms with Crippen molar-refractivity contribution in [2.75, 3.05) is 5.73 Å². The number of fused-ring (bicyclic) bond motifs is 1. The van der Waals surface area contributed by atoms with Crippen molar-refractivity contribution in [2.24, 2.45) is 0 Å². The summed E-state index contributed by atoms with van der Waals surface area (Å²) in [6, 6.07) is 20.3. The van der Waals surface area contributed by atoms with Crippen LogP contribution >= 0.6 is 22.9 Å². The number of ketones is 1. The van der Waals surface area contributed by atoms with Gasteiger partial charge in [-0.3, -0.25) is 9.32 Å². The Hall–Kier alpha value is -4.67. The Bertz CT molecular complexity index is 1950. The molecule has 0 aliphatic carbocycles. The number of nitrogens with one attached hydrogen (secondary N) is 1. The molecule has 39 heavy (non-hydrogen) atoms. The van der Waals surface area contributed by atoms with E-state index in [2.05, 4.69) is 10.3 Å². The van der Waals surface area contributed by atoms with Crippen molar-refractivity contribution in [3.05, 3.63) is 117 Å². The van der Waals surface area contributed by atoms with E-state index in [1.165, 1.54) is 10.7 Å². The summed E-state index contributed by atoms with van der Waals surface area (Å²) in [5, 5.41) is 3.27. The lowest BCUT2D eigenvalue weighted by molar-refractivity contribution is -0.672. The Labute approximate surface area is 227 Å². The highest BCUT2D eigenvalue weighted by Crippen LogP contribution is 2.42. The molecule has 0 aliphatic rings. The van der Waals surface area contributed by atoms with Crippen molar-refractivity contribution in [2.45, 2.75) is 0 Å². The Morgan fingerprint density at radius 2 is 1.74 bits per heavy atom. The second kappa shape index (κ2) is 9.57. The van der Waals surface area contributed by atoms with E-state index in [4.69, 9.17) is 21.9 Å². The van der Waals surface area contributed by atoms with Gasteiger partial charge in [0.05, 0.1) is 11.4 Å². The number of carbonyl (C=O) groups excluding carboxylic acids is 1. The lowest BCUT2D eigenvalue weighted by Gasteiger charge is -2.10. The molecule has 0 amide bonds. The number of aromatic nitrogens is 3. The minimum absolute atomic E-state index is 0.00842. The number of nitrogens with zero attached hydrogens (tertiary/aromatic N) is 2. The molecule has 0 unspecified atom stereocenters. The quantitative estimate of drug-likeness (QED) is 0.200. The summed E-state index contributed by atoms with van der Waals surface area (Å²) in [5.41, 5.74) is 7.33. The zero-order chi connectivity index (χ0) is 27.3. The number of nitrogens with two attached hydrogens (primary N) is 1. The van der Waals surface area contributed by atoms with Crippen LogP contribution in [0.4, 0.5) is 14.5 Å². The first-order valence-corrected chi connectivity index (χ1v) is 12.7. The summed E-state index contributed by atoms with van der Waals surface area (Å²) in [5.74, 6) is -2.25. The summed E-state index contributed by atoms with van der Waals surface area (Å²) >= 11 is 7.00. The highest BCUT2D eigenvalue weighted by molar-refractivity contribution is 7.21. The van der Waals surface area contributed by atoms with Gasteiger partial charge in [-0.15, -0.1) is 11.3 Å². The van der Waals surface area contributed by atoms with Crippen LogP contribution in [0.1, 0.15) is 15.4 Å². The molecule has 0 radical (unpaired) electrons. The van der Waals surface area contributed by atoms with E-state index >= 15 is 4.39 Å². The Morgan fingerprint density at radius 3 is 2.46 bits per heavy atom. The maximum absolute atomic E-state index is 15.0. The van der Waals surface area contributed by atoms with E-state index in [1.807, 2.05) is 0 Å². The lowest BCUT2D eigenvalue weighted by Crippen LogP contribution is -2.41. The zero-order valence-electron chi connectivity index (χ0n) is 19.7. The van der Waals surface area contributed by atoms with Crippen LogP contribution in [0.3, 0.4) is 0 Å². The van der Waals surface area contributed by atoms with Gasteiger partial charge in [-0.05, 0) is 45.8 Å². The highest BCUT2D eigenvalue weighted by Gasteiger charge is 2.35.